The zero-order valence-corrected chi connectivity index (χ0v) is 18.7. The van der Waals surface area contributed by atoms with Crippen molar-refractivity contribution >= 4 is 28.7 Å². The van der Waals surface area contributed by atoms with Gasteiger partial charge in [0.2, 0.25) is 11.8 Å². The maximum atomic E-state index is 12.8. The SMILES string of the molecule is CCNC(=NCCc1c[nH]c2c(C)cccc12)NCCN1C(=O)C2C3C=CC(C3)C2C1=O. The number of amides is 2. The molecule has 3 N–H and O–H groups in total. The highest BCUT2D eigenvalue weighted by atomic mass is 16.2. The van der Waals surface area contributed by atoms with Crippen molar-refractivity contribution < 1.29 is 9.59 Å². The number of allylic oxidation sites excluding steroid dienone is 2. The summed E-state index contributed by atoms with van der Waals surface area (Å²) in [7, 11) is 0. The molecule has 0 spiro atoms. The standard InChI is InChI=1S/C25H31N5O2/c1-3-26-25(27-10-9-18-14-29-22-15(2)5-4-6-19(18)22)28-11-12-30-23(31)20-16-7-8-17(13-16)21(20)24(30)32/h4-8,14,16-17,20-21,29H,3,9-13H2,1-2H3,(H2,26,27,28). The molecule has 2 aliphatic carbocycles. The topological polar surface area (TPSA) is 89.6 Å². The van der Waals surface area contributed by atoms with Gasteiger partial charge in [0.1, 0.15) is 0 Å². The second-order valence-corrected chi connectivity index (χ2v) is 9.08. The van der Waals surface area contributed by atoms with Gasteiger partial charge in [-0.3, -0.25) is 19.5 Å². The molecule has 2 heterocycles. The van der Waals surface area contributed by atoms with Gasteiger partial charge in [0.05, 0.1) is 11.8 Å². The number of hydrogen-bond donors (Lipinski definition) is 3. The summed E-state index contributed by atoms with van der Waals surface area (Å²) in [4.78, 5) is 35.2. The van der Waals surface area contributed by atoms with Crippen molar-refractivity contribution in [3.63, 3.8) is 0 Å². The Balaban J connectivity index is 1.16. The highest BCUT2D eigenvalue weighted by Crippen LogP contribution is 2.52. The summed E-state index contributed by atoms with van der Waals surface area (Å²) < 4.78 is 0. The lowest BCUT2D eigenvalue weighted by Crippen LogP contribution is -2.43. The molecule has 7 nitrogen and oxygen atoms in total. The molecule has 4 unspecified atom stereocenters. The van der Waals surface area contributed by atoms with Gasteiger partial charge in [0.25, 0.3) is 0 Å². The number of carbonyl (C=O) groups is 2. The Morgan fingerprint density at radius 3 is 2.62 bits per heavy atom. The van der Waals surface area contributed by atoms with Crippen LogP contribution in [-0.2, 0) is 16.0 Å². The number of guanidine groups is 1. The molecule has 5 rings (SSSR count). The number of aliphatic imine (C=N–C) groups is 1. The maximum Gasteiger partial charge on any atom is 0.233 e. The van der Waals surface area contributed by atoms with Crippen molar-refractivity contribution in [1.82, 2.24) is 20.5 Å². The van der Waals surface area contributed by atoms with Crippen LogP contribution in [0.1, 0.15) is 24.5 Å². The summed E-state index contributed by atoms with van der Waals surface area (Å²) in [6.45, 7) is 6.42. The summed E-state index contributed by atoms with van der Waals surface area (Å²) in [5, 5.41) is 7.79. The van der Waals surface area contributed by atoms with Gasteiger partial charge in [-0.25, -0.2) is 0 Å². The Kier molecular flexibility index (Phi) is 5.49. The van der Waals surface area contributed by atoms with Gasteiger partial charge < -0.3 is 15.6 Å². The molecule has 1 aromatic carbocycles. The Labute approximate surface area is 188 Å². The fraction of sp³-hybridized carbons (Fsp3) is 0.480. The van der Waals surface area contributed by atoms with Crippen molar-refractivity contribution in [2.75, 3.05) is 26.2 Å². The van der Waals surface area contributed by atoms with Crippen molar-refractivity contribution in [3.8, 4) is 0 Å². The third kappa shape index (κ3) is 3.49. The molecule has 2 aromatic rings. The van der Waals surface area contributed by atoms with Crippen molar-refractivity contribution in [1.29, 1.82) is 0 Å². The fourth-order valence-corrected chi connectivity index (χ4v) is 5.67. The molecule has 0 radical (unpaired) electrons. The second kappa shape index (κ2) is 8.45. The highest BCUT2D eigenvalue weighted by Gasteiger charge is 2.58. The summed E-state index contributed by atoms with van der Waals surface area (Å²) >= 11 is 0. The molecule has 1 saturated heterocycles. The molecule has 4 atom stereocenters. The van der Waals surface area contributed by atoms with E-state index in [2.05, 4.69) is 59.1 Å². The Morgan fingerprint density at radius 2 is 1.91 bits per heavy atom. The first-order valence-corrected chi connectivity index (χ1v) is 11.7. The number of aromatic amines is 1. The fourth-order valence-electron chi connectivity index (χ4n) is 5.67. The van der Waals surface area contributed by atoms with E-state index >= 15 is 0 Å². The zero-order chi connectivity index (χ0) is 22.2. The minimum Gasteiger partial charge on any atom is -0.361 e. The number of aryl methyl sites for hydroxylation is 1. The Hall–Kier alpha value is -3.09. The van der Waals surface area contributed by atoms with Crippen LogP contribution >= 0.6 is 0 Å². The van der Waals surface area contributed by atoms with E-state index in [1.54, 1.807) is 0 Å². The van der Waals surface area contributed by atoms with Crippen LogP contribution in [0.15, 0.2) is 41.5 Å². The molecule has 32 heavy (non-hydrogen) atoms. The van der Waals surface area contributed by atoms with Gasteiger partial charge in [-0.1, -0.05) is 30.4 Å². The molecule has 2 bridgehead atoms. The smallest absolute Gasteiger partial charge is 0.233 e. The van der Waals surface area contributed by atoms with Gasteiger partial charge in [-0.05, 0) is 49.7 Å². The van der Waals surface area contributed by atoms with E-state index < -0.39 is 0 Å². The summed E-state index contributed by atoms with van der Waals surface area (Å²) in [6, 6.07) is 6.33. The largest absolute Gasteiger partial charge is 0.361 e. The first-order valence-electron chi connectivity index (χ1n) is 11.7. The van der Waals surface area contributed by atoms with Gasteiger partial charge in [0, 0.05) is 43.3 Å². The molecule has 1 aromatic heterocycles. The number of carbonyl (C=O) groups excluding carboxylic acids is 2. The van der Waals surface area contributed by atoms with Gasteiger partial charge in [-0.15, -0.1) is 0 Å². The van der Waals surface area contributed by atoms with E-state index in [0.717, 1.165) is 19.4 Å². The molecular formula is C25H31N5O2. The normalized spacial score (nSPS) is 26.4. The summed E-state index contributed by atoms with van der Waals surface area (Å²) in [5.74, 6) is 0.992. The average Bonchev–Trinajstić information content (AvgIpc) is 3.54. The second-order valence-electron chi connectivity index (χ2n) is 9.08. The number of rotatable bonds is 7. The predicted octanol–water partition coefficient (Wildman–Crippen LogP) is 2.38. The first-order chi connectivity index (χ1) is 15.6. The lowest BCUT2D eigenvalue weighted by Gasteiger charge is -2.18. The highest BCUT2D eigenvalue weighted by molar-refractivity contribution is 6.06. The number of hydrogen-bond acceptors (Lipinski definition) is 3. The van der Waals surface area contributed by atoms with Crippen molar-refractivity contribution in [2.24, 2.45) is 28.7 Å². The van der Waals surface area contributed by atoms with Gasteiger partial charge >= 0.3 is 0 Å². The summed E-state index contributed by atoms with van der Waals surface area (Å²) in [6.07, 6.45) is 8.12. The molecule has 2 amide bonds. The molecular weight excluding hydrogens is 402 g/mol. The van der Waals surface area contributed by atoms with Gasteiger partial charge in [-0.2, -0.15) is 0 Å². The van der Waals surface area contributed by atoms with E-state index in [1.807, 2.05) is 6.92 Å². The van der Waals surface area contributed by atoms with E-state index in [0.29, 0.717) is 25.6 Å². The van der Waals surface area contributed by atoms with Crippen LogP contribution in [0.3, 0.4) is 0 Å². The Morgan fingerprint density at radius 1 is 1.16 bits per heavy atom. The molecule has 1 aliphatic heterocycles. The van der Waals surface area contributed by atoms with E-state index in [1.165, 1.54) is 26.9 Å². The third-order valence-corrected chi connectivity index (χ3v) is 7.19. The van der Waals surface area contributed by atoms with Crippen LogP contribution in [0.5, 0.6) is 0 Å². The number of nitrogens with zero attached hydrogens (tertiary/aromatic N) is 2. The van der Waals surface area contributed by atoms with E-state index in [-0.39, 0.29) is 35.5 Å². The number of likely N-dealkylation sites (tertiary alicyclic amines) is 1. The van der Waals surface area contributed by atoms with Crippen LogP contribution < -0.4 is 10.6 Å². The lowest BCUT2D eigenvalue weighted by atomic mass is 9.85. The number of para-hydroxylation sites is 1. The van der Waals surface area contributed by atoms with Crippen LogP contribution in [0.25, 0.3) is 10.9 Å². The van der Waals surface area contributed by atoms with Gasteiger partial charge in [0.15, 0.2) is 5.96 Å². The maximum absolute atomic E-state index is 12.8. The molecule has 168 valence electrons. The quantitative estimate of drug-likeness (QED) is 0.271. The number of H-pyrrole nitrogens is 1. The van der Waals surface area contributed by atoms with Crippen LogP contribution in [0.2, 0.25) is 0 Å². The van der Waals surface area contributed by atoms with Crippen LogP contribution in [0, 0.1) is 30.6 Å². The number of nitrogens with one attached hydrogen (secondary N) is 3. The molecule has 1 saturated carbocycles. The van der Waals surface area contributed by atoms with Crippen molar-refractivity contribution in [3.05, 3.63) is 47.7 Å². The monoisotopic (exact) mass is 433 g/mol. The van der Waals surface area contributed by atoms with Crippen LogP contribution in [-0.4, -0.2) is 53.8 Å². The predicted molar refractivity (Wildman–Crippen MR) is 125 cm³/mol. The van der Waals surface area contributed by atoms with E-state index in [9.17, 15) is 9.59 Å². The zero-order valence-electron chi connectivity index (χ0n) is 18.7. The average molecular weight is 434 g/mol. The number of benzene rings is 1. The number of aromatic nitrogens is 1. The first kappa shape index (κ1) is 20.8. The minimum absolute atomic E-state index is 0.00946. The molecule has 2 fully saturated rings. The molecule has 7 heteroatoms. The number of imide groups is 1. The lowest BCUT2D eigenvalue weighted by molar-refractivity contribution is -0.140. The summed E-state index contributed by atoms with van der Waals surface area (Å²) in [5.41, 5.74) is 3.68. The van der Waals surface area contributed by atoms with Crippen LogP contribution in [0.4, 0.5) is 0 Å². The third-order valence-electron chi connectivity index (χ3n) is 7.19. The number of fused-ring (bicyclic) bond motifs is 6. The van der Waals surface area contributed by atoms with E-state index in [4.69, 9.17) is 4.99 Å². The minimum atomic E-state index is -0.126. The molecule has 3 aliphatic rings. The van der Waals surface area contributed by atoms with Crippen molar-refractivity contribution in [2.45, 2.75) is 26.7 Å². The Bertz CT molecular complexity index is 1070.